The van der Waals surface area contributed by atoms with Crippen LogP contribution in [0.3, 0.4) is 0 Å². The first-order chi connectivity index (χ1) is 9.73. The first-order valence-electron chi connectivity index (χ1n) is 5.41. The molecule has 0 aromatic rings. The second kappa shape index (κ2) is 7.06. The maximum Gasteiger partial charge on any atom is 0.106 e. The average Bonchev–Trinajstić information content (AvgIpc) is 2.45. The highest BCUT2D eigenvalue weighted by atomic mass is 35.5. The highest BCUT2D eigenvalue weighted by Gasteiger charge is 2.28. The molecular formula is C12H5Cl6NS2. The minimum atomic E-state index is -0.622. The Kier molecular flexibility index (Phi) is 6.06. The molecule has 9 heteroatoms. The van der Waals surface area contributed by atoms with Gasteiger partial charge in [0.2, 0.25) is 0 Å². The molecule has 2 rings (SSSR count). The lowest BCUT2D eigenvalue weighted by Crippen LogP contribution is -2.27. The first-order valence-corrected chi connectivity index (χ1v) is 8.61. The molecule has 0 aromatic carbocycles. The van der Waals surface area contributed by atoms with Crippen LogP contribution in [0.2, 0.25) is 0 Å². The Morgan fingerprint density at radius 3 is 1.43 bits per heavy atom. The first kappa shape index (κ1) is 18.0. The Morgan fingerprint density at radius 2 is 1.10 bits per heavy atom. The van der Waals surface area contributed by atoms with Gasteiger partial charge < -0.3 is 5.32 Å². The molecule has 112 valence electrons. The number of allylic oxidation sites excluding steroid dienone is 6. The smallest absolute Gasteiger partial charge is 0.106 e. The molecule has 2 aliphatic rings. The molecule has 0 spiro atoms. The van der Waals surface area contributed by atoms with Crippen molar-refractivity contribution < 1.29 is 0 Å². The van der Waals surface area contributed by atoms with Crippen LogP contribution in [0.15, 0.2) is 43.7 Å². The Bertz CT molecular complexity index is 601. The predicted octanol–water partition coefficient (Wildman–Crippen LogP) is 5.70. The maximum atomic E-state index is 6.17. The van der Waals surface area contributed by atoms with Gasteiger partial charge in [0.15, 0.2) is 0 Å². The van der Waals surface area contributed by atoms with Crippen molar-refractivity contribution in [1.82, 2.24) is 5.32 Å². The third-order valence-corrected chi connectivity index (χ3v) is 6.65. The van der Waals surface area contributed by atoms with E-state index in [9.17, 15) is 0 Å². The van der Waals surface area contributed by atoms with Gasteiger partial charge in [0, 0.05) is 10.1 Å². The molecule has 0 bridgehead atoms. The van der Waals surface area contributed by atoms with Gasteiger partial charge in [0.25, 0.3) is 0 Å². The van der Waals surface area contributed by atoms with E-state index in [0.717, 1.165) is 0 Å². The molecule has 0 aliphatic heterocycles. The molecular weight excluding hydrogens is 435 g/mol. The molecule has 0 radical (unpaired) electrons. The van der Waals surface area contributed by atoms with E-state index in [1.54, 1.807) is 12.2 Å². The standard InChI is InChI=1S/C12H5Cl6NS2/c13-3-1-5(9(17)11(20)7(3)15)19-6-2-4(14)8(16)12(21)10(6)18/h1-2,7-8,19H. The van der Waals surface area contributed by atoms with Crippen LogP contribution in [0.4, 0.5) is 0 Å². The van der Waals surface area contributed by atoms with Gasteiger partial charge in [-0.2, -0.15) is 0 Å². The minimum absolute atomic E-state index is 0.287. The fraction of sp³-hybridized carbons (Fsp3) is 0.167. The van der Waals surface area contributed by atoms with Crippen LogP contribution in [-0.2, 0) is 0 Å². The van der Waals surface area contributed by atoms with Crippen LogP contribution in [0, 0.1) is 0 Å². The molecule has 2 atom stereocenters. The SMILES string of the molecule is S=C1C(Cl)=C(NC2=C(Cl)C(=S)C(Cl)C(Cl)=C2)C=C(Cl)C1Cl. The van der Waals surface area contributed by atoms with Crippen LogP contribution < -0.4 is 5.32 Å². The third kappa shape index (κ3) is 3.61. The third-order valence-electron chi connectivity index (χ3n) is 2.68. The van der Waals surface area contributed by atoms with Crippen molar-refractivity contribution in [1.29, 1.82) is 0 Å². The molecule has 1 nitrogen and oxygen atoms in total. The van der Waals surface area contributed by atoms with Gasteiger partial charge in [-0.05, 0) is 12.2 Å². The number of nitrogens with one attached hydrogen (secondary N) is 1. The van der Waals surface area contributed by atoms with E-state index < -0.39 is 10.8 Å². The van der Waals surface area contributed by atoms with Crippen LogP contribution >= 0.6 is 94.0 Å². The zero-order chi connectivity index (χ0) is 15.9. The monoisotopic (exact) mass is 437 g/mol. The molecule has 0 saturated carbocycles. The lowest BCUT2D eigenvalue weighted by Gasteiger charge is -2.23. The topological polar surface area (TPSA) is 12.0 Å². The molecule has 0 fully saturated rings. The number of hydrogen-bond acceptors (Lipinski definition) is 3. The average molecular weight is 440 g/mol. The lowest BCUT2D eigenvalue weighted by atomic mass is 10.1. The molecule has 2 unspecified atom stereocenters. The van der Waals surface area contributed by atoms with E-state index in [2.05, 4.69) is 5.32 Å². The van der Waals surface area contributed by atoms with E-state index in [0.29, 0.717) is 31.2 Å². The lowest BCUT2D eigenvalue weighted by molar-refractivity contribution is 1.02. The van der Waals surface area contributed by atoms with Gasteiger partial charge in [-0.3, -0.25) is 0 Å². The largest absolute Gasteiger partial charge is 0.353 e. The van der Waals surface area contributed by atoms with Gasteiger partial charge >= 0.3 is 0 Å². The number of thiocarbonyl (C=S) groups is 2. The Hall–Kier alpha value is 0.680. The highest BCUT2D eigenvalue weighted by molar-refractivity contribution is 7.81. The predicted molar refractivity (Wildman–Crippen MR) is 101 cm³/mol. The van der Waals surface area contributed by atoms with Crippen LogP contribution in [0.25, 0.3) is 0 Å². The highest BCUT2D eigenvalue weighted by Crippen LogP contribution is 2.33. The molecule has 0 aromatic heterocycles. The Balaban J connectivity index is 2.39. The number of halogens is 6. The summed E-state index contributed by atoms with van der Waals surface area (Å²) in [5.74, 6) is 0. The summed E-state index contributed by atoms with van der Waals surface area (Å²) in [5.41, 5.74) is 0.932. The molecule has 2 aliphatic carbocycles. The van der Waals surface area contributed by atoms with Crippen molar-refractivity contribution in [3.8, 4) is 0 Å². The van der Waals surface area contributed by atoms with Gasteiger partial charge in [-0.15, -0.1) is 23.2 Å². The summed E-state index contributed by atoms with van der Waals surface area (Å²) < 4.78 is 0. The molecule has 0 amide bonds. The summed E-state index contributed by atoms with van der Waals surface area (Å²) in [6.07, 6.45) is 3.15. The molecule has 21 heavy (non-hydrogen) atoms. The van der Waals surface area contributed by atoms with Crippen molar-refractivity contribution in [3.63, 3.8) is 0 Å². The van der Waals surface area contributed by atoms with Crippen LogP contribution in [0.5, 0.6) is 0 Å². The van der Waals surface area contributed by atoms with Crippen LogP contribution in [0.1, 0.15) is 0 Å². The normalized spacial score (nSPS) is 27.0. The summed E-state index contributed by atoms with van der Waals surface area (Å²) >= 11 is 46.7. The van der Waals surface area contributed by atoms with Crippen molar-refractivity contribution >= 4 is 104 Å². The summed E-state index contributed by atoms with van der Waals surface area (Å²) in [4.78, 5) is 0.655. The summed E-state index contributed by atoms with van der Waals surface area (Å²) in [7, 11) is 0. The molecule has 0 heterocycles. The van der Waals surface area contributed by atoms with E-state index in [1.165, 1.54) is 0 Å². The fourth-order valence-corrected chi connectivity index (χ4v) is 3.53. The van der Waals surface area contributed by atoms with E-state index in [1.807, 2.05) is 0 Å². The van der Waals surface area contributed by atoms with Gasteiger partial charge in [-0.1, -0.05) is 70.8 Å². The second-order valence-electron chi connectivity index (χ2n) is 4.09. The number of rotatable bonds is 2. The summed E-state index contributed by atoms with van der Waals surface area (Å²) in [6.45, 7) is 0. The van der Waals surface area contributed by atoms with E-state index in [4.69, 9.17) is 94.0 Å². The fourth-order valence-electron chi connectivity index (χ4n) is 1.61. The quantitative estimate of drug-likeness (QED) is 0.437. The molecule has 0 saturated heterocycles. The zero-order valence-corrected chi connectivity index (χ0v) is 16.1. The number of alkyl halides is 2. The van der Waals surface area contributed by atoms with Crippen molar-refractivity contribution in [2.75, 3.05) is 0 Å². The zero-order valence-electron chi connectivity index (χ0n) is 9.89. The van der Waals surface area contributed by atoms with Crippen LogP contribution in [-0.4, -0.2) is 20.5 Å². The van der Waals surface area contributed by atoms with Crippen molar-refractivity contribution in [2.24, 2.45) is 0 Å². The van der Waals surface area contributed by atoms with Gasteiger partial charge in [0.1, 0.15) is 10.8 Å². The van der Waals surface area contributed by atoms with Crippen molar-refractivity contribution in [2.45, 2.75) is 10.8 Å². The molecule has 1 N–H and O–H groups in total. The second-order valence-corrected chi connectivity index (χ2v) is 7.47. The summed E-state index contributed by atoms with van der Waals surface area (Å²) in [6, 6.07) is 0. The van der Waals surface area contributed by atoms with Gasteiger partial charge in [-0.25, -0.2) is 0 Å². The van der Waals surface area contributed by atoms with E-state index >= 15 is 0 Å². The maximum absolute atomic E-state index is 6.17. The number of hydrogen-bond donors (Lipinski definition) is 1. The van der Waals surface area contributed by atoms with E-state index in [-0.39, 0.29) is 10.1 Å². The Morgan fingerprint density at radius 1 is 0.762 bits per heavy atom. The Labute approximate surface area is 162 Å². The summed E-state index contributed by atoms with van der Waals surface area (Å²) in [5, 5.41) is 3.04. The van der Waals surface area contributed by atoms with Crippen molar-refractivity contribution in [3.05, 3.63) is 43.7 Å². The van der Waals surface area contributed by atoms with Gasteiger partial charge in [0.05, 0.1) is 31.2 Å². The minimum Gasteiger partial charge on any atom is -0.353 e.